The third kappa shape index (κ3) is 5.67. The molecule has 2 aliphatic rings. The third-order valence-electron chi connectivity index (χ3n) is 7.85. The molecule has 1 amide bonds. The second-order valence-electron chi connectivity index (χ2n) is 11.4. The topological polar surface area (TPSA) is 84.6 Å². The van der Waals surface area contributed by atoms with Crippen molar-refractivity contribution in [2.24, 2.45) is 11.8 Å². The first-order chi connectivity index (χ1) is 19.5. The first-order valence-electron chi connectivity index (χ1n) is 14.6. The number of aromatic nitrogens is 3. The lowest BCUT2D eigenvalue weighted by molar-refractivity contribution is -0.135. The fraction of sp³-hybridized carbons (Fsp3) is 0.438. The average Bonchev–Trinajstić information content (AvgIpc) is 3.58. The van der Waals surface area contributed by atoms with Crippen LogP contribution in [0.2, 0.25) is 0 Å². The molecule has 0 unspecified atom stereocenters. The molecule has 1 saturated carbocycles. The van der Waals surface area contributed by atoms with Crippen LogP contribution in [0.5, 0.6) is 11.5 Å². The summed E-state index contributed by atoms with van der Waals surface area (Å²) in [5, 5.41) is 5.29. The number of carbonyl (C=O) groups is 1. The van der Waals surface area contributed by atoms with Crippen LogP contribution in [-0.2, 0) is 11.2 Å². The summed E-state index contributed by atoms with van der Waals surface area (Å²) < 4.78 is 11.9. The summed E-state index contributed by atoms with van der Waals surface area (Å²) in [5.41, 5.74) is 2.07. The molecule has 0 radical (unpaired) electrons. The van der Waals surface area contributed by atoms with E-state index in [1.54, 1.807) is 0 Å². The van der Waals surface area contributed by atoms with Gasteiger partial charge in [0.25, 0.3) is 5.71 Å². The van der Waals surface area contributed by atoms with Crippen LogP contribution in [0.3, 0.4) is 0 Å². The van der Waals surface area contributed by atoms with Crippen LogP contribution in [0.15, 0.2) is 59.1 Å². The molecule has 8 heteroatoms. The Morgan fingerprint density at radius 1 is 0.950 bits per heavy atom. The van der Waals surface area contributed by atoms with Crippen molar-refractivity contribution in [1.82, 2.24) is 20.0 Å². The molecule has 0 atom stereocenters. The maximum atomic E-state index is 13.2. The predicted octanol–water partition coefficient (Wildman–Crippen LogP) is 6.50. The van der Waals surface area contributed by atoms with Gasteiger partial charge in [-0.15, -0.1) is 0 Å². The minimum atomic E-state index is 0.199. The van der Waals surface area contributed by atoms with Crippen molar-refractivity contribution in [3.8, 4) is 22.8 Å². The summed E-state index contributed by atoms with van der Waals surface area (Å²) in [5.74, 6) is 4.01. The zero-order valence-corrected chi connectivity index (χ0v) is 23.4. The highest BCUT2D eigenvalue weighted by Gasteiger charge is 2.30. The van der Waals surface area contributed by atoms with Crippen LogP contribution in [-0.4, -0.2) is 52.1 Å². The molecule has 6 rings (SSSR count). The zero-order chi connectivity index (χ0) is 27.5. The number of nitrogens with zero attached hydrogens (tertiary/aromatic N) is 5. The van der Waals surface area contributed by atoms with E-state index < -0.39 is 0 Å². The highest BCUT2D eigenvalue weighted by atomic mass is 16.5. The number of rotatable bonds is 7. The number of para-hydroxylation sites is 1. The molecule has 0 N–H and O–H groups in total. The third-order valence-corrected chi connectivity index (χ3v) is 7.85. The van der Waals surface area contributed by atoms with Crippen LogP contribution >= 0.6 is 0 Å². The quantitative estimate of drug-likeness (QED) is 0.265. The zero-order valence-electron chi connectivity index (χ0n) is 23.4. The fourth-order valence-electron chi connectivity index (χ4n) is 5.87. The van der Waals surface area contributed by atoms with Crippen LogP contribution < -0.4 is 9.64 Å². The molecule has 4 aromatic rings. The molecule has 8 nitrogen and oxygen atoms in total. The Morgan fingerprint density at radius 2 is 1.75 bits per heavy atom. The van der Waals surface area contributed by atoms with Gasteiger partial charge in [-0.2, -0.15) is 4.98 Å². The number of benzene rings is 2. The smallest absolute Gasteiger partial charge is 0.263 e. The van der Waals surface area contributed by atoms with Crippen molar-refractivity contribution >= 4 is 22.8 Å². The van der Waals surface area contributed by atoms with Crippen LogP contribution in [0.25, 0.3) is 22.4 Å². The number of amides is 1. The summed E-state index contributed by atoms with van der Waals surface area (Å²) in [6.07, 6.45) is 6.04. The molecule has 2 aromatic heterocycles. The van der Waals surface area contributed by atoms with E-state index >= 15 is 0 Å². The van der Waals surface area contributed by atoms with Crippen molar-refractivity contribution in [1.29, 1.82) is 0 Å². The van der Waals surface area contributed by atoms with Gasteiger partial charge < -0.3 is 19.1 Å². The largest absolute Gasteiger partial charge is 0.457 e. The van der Waals surface area contributed by atoms with Gasteiger partial charge in [0.2, 0.25) is 5.91 Å². The Labute approximate surface area is 235 Å². The summed E-state index contributed by atoms with van der Waals surface area (Å²) in [6, 6.07) is 17.6. The average molecular weight is 540 g/mol. The Hall–Kier alpha value is -3.94. The number of ether oxygens (including phenoxy) is 1. The fourth-order valence-corrected chi connectivity index (χ4v) is 5.87. The van der Waals surface area contributed by atoms with Crippen LogP contribution in [0.1, 0.15) is 51.8 Å². The van der Waals surface area contributed by atoms with Gasteiger partial charge in [-0.25, -0.2) is 4.98 Å². The van der Waals surface area contributed by atoms with Gasteiger partial charge in [-0.05, 0) is 49.4 Å². The SMILES string of the molecule is CC(C)Cc1nc(N2CCCN(C(=O)C3CCCC3)CC2)c2c(-c3cccc(Oc4ccccc4)c3)noc2n1. The molecule has 2 fully saturated rings. The van der Waals surface area contributed by atoms with E-state index in [1.165, 1.54) is 12.8 Å². The molecule has 0 spiro atoms. The molecule has 0 bridgehead atoms. The number of fused-ring (bicyclic) bond motifs is 1. The summed E-state index contributed by atoms with van der Waals surface area (Å²) in [6.45, 7) is 7.33. The Balaban J connectivity index is 1.34. The second kappa shape index (κ2) is 11.7. The number of carbonyl (C=O) groups excluding carboxylic acids is 1. The van der Waals surface area contributed by atoms with Crippen LogP contribution in [0.4, 0.5) is 5.82 Å². The number of anilines is 1. The second-order valence-corrected chi connectivity index (χ2v) is 11.4. The van der Waals surface area contributed by atoms with E-state index in [2.05, 4.69) is 28.8 Å². The highest BCUT2D eigenvalue weighted by Crippen LogP contribution is 2.36. The Kier molecular flexibility index (Phi) is 7.66. The monoisotopic (exact) mass is 539 g/mol. The Morgan fingerprint density at radius 3 is 2.55 bits per heavy atom. The molecule has 40 heavy (non-hydrogen) atoms. The van der Waals surface area contributed by atoms with Crippen LogP contribution in [0, 0.1) is 11.8 Å². The Bertz CT molecular complexity index is 1460. The van der Waals surface area contributed by atoms with E-state index in [-0.39, 0.29) is 5.92 Å². The summed E-state index contributed by atoms with van der Waals surface area (Å²) in [4.78, 5) is 27.4. The highest BCUT2D eigenvalue weighted by molar-refractivity contribution is 5.98. The van der Waals surface area contributed by atoms with Gasteiger partial charge in [0.1, 0.15) is 34.2 Å². The molecular formula is C32H37N5O3. The summed E-state index contributed by atoms with van der Waals surface area (Å²) >= 11 is 0. The first kappa shape index (κ1) is 26.3. The van der Waals surface area contributed by atoms with Gasteiger partial charge in [0.05, 0.1) is 0 Å². The van der Waals surface area contributed by atoms with E-state index in [1.807, 2.05) is 54.6 Å². The first-order valence-corrected chi connectivity index (χ1v) is 14.6. The van der Waals surface area contributed by atoms with Gasteiger partial charge in [0.15, 0.2) is 0 Å². The van der Waals surface area contributed by atoms with E-state index in [9.17, 15) is 4.79 Å². The minimum absolute atomic E-state index is 0.199. The molecule has 1 saturated heterocycles. The maximum Gasteiger partial charge on any atom is 0.263 e. The molecular weight excluding hydrogens is 502 g/mol. The van der Waals surface area contributed by atoms with Gasteiger partial charge in [-0.1, -0.05) is 62.2 Å². The molecule has 1 aliphatic carbocycles. The molecule has 3 heterocycles. The molecule has 2 aromatic carbocycles. The number of hydrogen-bond acceptors (Lipinski definition) is 7. The lowest BCUT2D eigenvalue weighted by Crippen LogP contribution is -2.38. The minimum Gasteiger partial charge on any atom is -0.457 e. The van der Waals surface area contributed by atoms with Gasteiger partial charge in [0, 0.05) is 44.1 Å². The van der Waals surface area contributed by atoms with Gasteiger partial charge >= 0.3 is 0 Å². The maximum absolute atomic E-state index is 13.2. The lowest BCUT2D eigenvalue weighted by Gasteiger charge is -2.25. The number of hydrogen-bond donors (Lipinski definition) is 0. The van der Waals surface area contributed by atoms with Crippen molar-refractivity contribution in [2.75, 3.05) is 31.1 Å². The van der Waals surface area contributed by atoms with Gasteiger partial charge in [-0.3, -0.25) is 4.79 Å². The molecule has 208 valence electrons. The van der Waals surface area contributed by atoms with Crippen molar-refractivity contribution in [2.45, 2.75) is 52.4 Å². The predicted molar refractivity (Wildman–Crippen MR) is 155 cm³/mol. The molecule has 1 aliphatic heterocycles. The van der Waals surface area contributed by atoms with Crippen molar-refractivity contribution < 1.29 is 14.1 Å². The van der Waals surface area contributed by atoms with E-state index in [0.29, 0.717) is 36.3 Å². The van der Waals surface area contributed by atoms with Crippen molar-refractivity contribution in [3.63, 3.8) is 0 Å². The standard InChI is InChI=1S/C32H37N5O3/c1-22(2)20-27-33-30(36-16-9-17-37(19-18-36)32(38)23-10-6-7-11-23)28-29(35-40-31(28)34-27)24-12-8-15-26(21-24)39-25-13-4-3-5-14-25/h3-5,8,12-15,21-23H,6-7,9-11,16-20H2,1-2H3. The lowest BCUT2D eigenvalue weighted by atomic mass is 10.1. The summed E-state index contributed by atoms with van der Waals surface area (Å²) in [7, 11) is 0. The van der Waals surface area contributed by atoms with E-state index in [0.717, 1.165) is 72.9 Å². The normalized spacial score (nSPS) is 16.6. The van der Waals surface area contributed by atoms with Crippen molar-refractivity contribution in [3.05, 3.63) is 60.4 Å². The van der Waals surface area contributed by atoms with E-state index in [4.69, 9.17) is 19.2 Å².